The number of rotatable bonds is 2. The third-order valence-electron chi connectivity index (χ3n) is 1.55. The van der Waals surface area contributed by atoms with Gasteiger partial charge in [0.2, 0.25) is 0 Å². The van der Waals surface area contributed by atoms with Crippen molar-refractivity contribution in [3.8, 4) is 11.8 Å². The summed E-state index contributed by atoms with van der Waals surface area (Å²) in [4.78, 5) is 3.53. The topological polar surface area (TPSA) is 56.9 Å². The Labute approximate surface area is 92.5 Å². The molecule has 0 aliphatic carbocycles. The Bertz CT molecular complexity index is 390. The Morgan fingerprint density at radius 3 is 2.79 bits per heavy atom. The molecule has 0 unspecified atom stereocenters. The lowest BCUT2D eigenvalue weighted by molar-refractivity contribution is 0.144. The molecule has 0 atom stereocenters. The molecule has 1 aromatic rings. The Hall–Kier alpha value is -0.970. The number of halogens is 3. The minimum atomic E-state index is -2.73. The molecule has 0 aromatic carbocycles. The highest BCUT2D eigenvalue weighted by Crippen LogP contribution is 2.27. The summed E-state index contributed by atoms with van der Waals surface area (Å²) >= 11 is 1.65. The van der Waals surface area contributed by atoms with Gasteiger partial charge in [0.05, 0.1) is 12.5 Å². The van der Waals surface area contributed by atoms with Gasteiger partial charge in [-0.1, -0.05) is 0 Å². The van der Waals surface area contributed by atoms with Gasteiger partial charge in [-0.15, -0.1) is 0 Å². The molecule has 0 radical (unpaired) electrons. The average Bonchev–Trinajstić information content (AvgIpc) is 2.11. The standard InChI is InChI=1S/C8H5F2IN2O/c9-7(10)6-4(1-2-12)3-5(14)8(11)13-6/h3,7,14H,1H2. The van der Waals surface area contributed by atoms with Gasteiger partial charge in [-0.25, -0.2) is 13.8 Å². The second-order valence-corrected chi connectivity index (χ2v) is 3.50. The van der Waals surface area contributed by atoms with Crippen molar-refractivity contribution in [3.63, 3.8) is 0 Å². The van der Waals surface area contributed by atoms with E-state index in [-0.39, 0.29) is 21.4 Å². The number of hydrogen-bond donors (Lipinski definition) is 1. The lowest BCUT2D eigenvalue weighted by atomic mass is 10.1. The maximum absolute atomic E-state index is 12.4. The number of alkyl halides is 2. The first kappa shape index (κ1) is 11.1. The Morgan fingerprint density at radius 2 is 2.29 bits per heavy atom. The van der Waals surface area contributed by atoms with E-state index in [2.05, 4.69) is 4.98 Å². The summed E-state index contributed by atoms with van der Waals surface area (Å²) in [6.07, 6.45) is -2.91. The van der Waals surface area contributed by atoms with Gasteiger partial charge in [0.25, 0.3) is 6.43 Å². The molecule has 0 bridgehead atoms. The summed E-state index contributed by atoms with van der Waals surface area (Å²) in [7, 11) is 0. The van der Waals surface area contributed by atoms with E-state index in [0.717, 1.165) is 6.07 Å². The highest BCUT2D eigenvalue weighted by Gasteiger charge is 2.17. The number of aromatic nitrogens is 1. The van der Waals surface area contributed by atoms with Crippen LogP contribution in [-0.4, -0.2) is 10.1 Å². The molecule has 0 spiro atoms. The fourth-order valence-electron chi connectivity index (χ4n) is 0.949. The van der Waals surface area contributed by atoms with E-state index in [4.69, 9.17) is 5.26 Å². The van der Waals surface area contributed by atoms with Crippen molar-refractivity contribution in [1.82, 2.24) is 4.98 Å². The molecule has 1 heterocycles. The van der Waals surface area contributed by atoms with Crippen molar-refractivity contribution in [2.45, 2.75) is 12.8 Å². The molecular formula is C8H5F2IN2O. The van der Waals surface area contributed by atoms with Crippen molar-refractivity contribution in [2.75, 3.05) is 0 Å². The average molecular weight is 310 g/mol. The van der Waals surface area contributed by atoms with Crippen LogP contribution in [0.1, 0.15) is 17.7 Å². The minimum Gasteiger partial charge on any atom is -0.505 e. The number of nitrogens with zero attached hydrogens (tertiary/aromatic N) is 2. The quantitative estimate of drug-likeness (QED) is 0.674. The maximum atomic E-state index is 12.4. The van der Waals surface area contributed by atoms with Crippen molar-refractivity contribution >= 4 is 22.6 Å². The van der Waals surface area contributed by atoms with Crippen LogP contribution in [0.5, 0.6) is 5.75 Å². The van der Waals surface area contributed by atoms with Gasteiger partial charge in [-0.05, 0) is 34.2 Å². The van der Waals surface area contributed by atoms with Crippen molar-refractivity contribution in [3.05, 3.63) is 21.0 Å². The molecule has 0 saturated carbocycles. The second-order valence-electron chi connectivity index (χ2n) is 2.48. The zero-order chi connectivity index (χ0) is 10.7. The van der Waals surface area contributed by atoms with Crippen LogP contribution in [0.2, 0.25) is 0 Å². The number of aromatic hydroxyl groups is 1. The molecule has 1 aromatic heterocycles. The summed E-state index contributed by atoms with van der Waals surface area (Å²) in [5, 5.41) is 17.6. The molecule has 3 nitrogen and oxygen atoms in total. The minimum absolute atomic E-state index is 0.0698. The monoisotopic (exact) mass is 310 g/mol. The third-order valence-corrected chi connectivity index (χ3v) is 2.34. The molecule has 0 saturated heterocycles. The normalized spacial score (nSPS) is 10.2. The molecular weight excluding hydrogens is 305 g/mol. The molecule has 6 heteroatoms. The molecule has 0 fully saturated rings. The molecule has 1 rings (SSSR count). The predicted octanol–water partition coefficient (Wildman–Crippen LogP) is 2.40. The van der Waals surface area contributed by atoms with Crippen LogP contribution >= 0.6 is 22.6 Å². The van der Waals surface area contributed by atoms with Crippen LogP contribution < -0.4 is 0 Å². The fourth-order valence-corrected chi connectivity index (χ4v) is 1.36. The zero-order valence-corrected chi connectivity index (χ0v) is 8.99. The largest absolute Gasteiger partial charge is 0.505 e. The van der Waals surface area contributed by atoms with Crippen molar-refractivity contribution < 1.29 is 13.9 Å². The SMILES string of the molecule is N#CCc1cc(O)c(I)nc1C(F)F. The molecule has 0 aliphatic heterocycles. The number of pyridine rings is 1. The van der Waals surface area contributed by atoms with E-state index in [0.29, 0.717) is 0 Å². The zero-order valence-electron chi connectivity index (χ0n) is 6.84. The van der Waals surface area contributed by atoms with Crippen LogP contribution in [0.3, 0.4) is 0 Å². The van der Waals surface area contributed by atoms with E-state index >= 15 is 0 Å². The summed E-state index contributed by atoms with van der Waals surface area (Å²) in [5.41, 5.74) is -0.367. The summed E-state index contributed by atoms with van der Waals surface area (Å²) in [5.74, 6) is -0.180. The van der Waals surface area contributed by atoms with Crippen LogP contribution in [0.25, 0.3) is 0 Å². The van der Waals surface area contributed by atoms with E-state index in [9.17, 15) is 13.9 Å². The fraction of sp³-hybridized carbons (Fsp3) is 0.250. The van der Waals surface area contributed by atoms with Gasteiger partial charge in [0, 0.05) is 0 Å². The summed E-state index contributed by atoms with van der Waals surface area (Å²) in [6, 6.07) is 2.89. The van der Waals surface area contributed by atoms with E-state index in [1.807, 2.05) is 0 Å². The van der Waals surface area contributed by atoms with Crippen molar-refractivity contribution in [1.29, 1.82) is 5.26 Å². The first-order valence-electron chi connectivity index (χ1n) is 3.59. The Balaban J connectivity index is 3.25. The molecule has 14 heavy (non-hydrogen) atoms. The second kappa shape index (κ2) is 4.50. The lowest BCUT2D eigenvalue weighted by Crippen LogP contribution is -2.00. The van der Waals surface area contributed by atoms with Crippen molar-refractivity contribution in [2.24, 2.45) is 0 Å². The maximum Gasteiger partial charge on any atom is 0.280 e. The highest BCUT2D eigenvalue weighted by molar-refractivity contribution is 14.1. The van der Waals surface area contributed by atoms with Crippen LogP contribution in [0.4, 0.5) is 8.78 Å². The van der Waals surface area contributed by atoms with Crippen LogP contribution in [0, 0.1) is 15.0 Å². The molecule has 0 aliphatic rings. The number of hydrogen-bond acceptors (Lipinski definition) is 3. The van der Waals surface area contributed by atoms with Crippen LogP contribution in [0.15, 0.2) is 6.07 Å². The smallest absolute Gasteiger partial charge is 0.280 e. The van der Waals surface area contributed by atoms with Gasteiger partial charge in [0.1, 0.15) is 15.1 Å². The Morgan fingerprint density at radius 1 is 1.64 bits per heavy atom. The highest BCUT2D eigenvalue weighted by atomic mass is 127. The first-order chi connectivity index (χ1) is 6.56. The predicted molar refractivity (Wildman–Crippen MR) is 52.9 cm³/mol. The van der Waals surface area contributed by atoms with Gasteiger partial charge >= 0.3 is 0 Å². The van der Waals surface area contributed by atoms with Gasteiger partial charge < -0.3 is 5.11 Å². The summed E-state index contributed by atoms with van der Waals surface area (Å²) < 4.78 is 24.9. The number of nitriles is 1. The van der Waals surface area contributed by atoms with Gasteiger partial charge in [-0.3, -0.25) is 0 Å². The van der Waals surface area contributed by atoms with E-state index in [1.54, 1.807) is 28.7 Å². The Kier molecular flexibility index (Phi) is 3.57. The molecule has 74 valence electrons. The first-order valence-corrected chi connectivity index (χ1v) is 4.67. The summed E-state index contributed by atoms with van der Waals surface area (Å²) in [6.45, 7) is 0. The molecule has 0 amide bonds. The molecule has 1 N–H and O–H groups in total. The van der Waals surface area contributed by atoms with Gasteiger partial charge in [-0.2, -0.15) is 5.26 Å². The van der Waals surface area contributed by atoms with E-state index < -0.39 is 12.1 Å². The van der Waals surface area contributed by atoms with Crippen LogP contribution in [-0.2, 0) is 6.42 Å². The van der Waals surface area contributed by atoms with E-state index in [1.165, 1.54) is 0 Å². The van der Waals surface area contributed by atoms with Gasteiger partial charge in [0.15, 0.2) is 0 Å². The third kappa shape index (κ3) is 2.29. The lowest BCUT2D eigenvalue weighted by Gasteiger charge is -2.06.